The maximum Gasteiger partial charge on any atom is 0.408 e. The molecule has 9 nitrogen and oxygen atoms in total. The van der Waals surface area contributed by atoms with Crippen molar-refractivity contribution in [1.29, 1.82) is 0 Å². The molecular weight excluding hydrogens is 440 g/mol. The molecule has 2 aromatic rings. The van der Waals surface area contributed by atoms with Crippen molar-refractivity contribution in [3.63, 3.8) is 0 Å². The molecule has 0 aliphatic heterocycles. The molecule has 184 valence electrons. The molecule has 2 N–H and O–H groups in total. The highest BCUT2D eigenvalue weighted by Crippen LogP contribution is 2.38. The van der Waals surface area contributed by atoms with Crippen LogP contribution in [0.2, 0.25) is 0 Å². The van der Waals surface area contributed by atoms with Crippen LogP contribution in [0.5, 0.6) is 11.5 Å². The Morgan fingerprint density at radius 1 is 1.12 bits per heavy atom. The van der Waals surface area contributed by atoms with Crippen molar-refractivity contribution in [1.82, 2.24) is 10.3 Å². The molecule has 2 aliphatic rings. The van der Waals surface area contributed by atoms with Crippen molar-refractivity contribution < 1.29 is 33.3 Å². The Balaban J connectivity index is 1.56. The number of benzene rings is 1. The fourth-order valence-electron chi connectivity index (χ4n) is 3.31. The smallest absolute Gasteiger partial charge is 0.408 e. The van der Waals surface area contributed by atoms with Crippen LogP contribution < -0.4 is 14.8 Å². The summed E-state index contributed by atoms with van der Waals surface area (Å²) in [6.45, 7) is 8.10. The minimum atomic E-state index is -1.25. The number of carbonyl (C=O) groups excluding carboxylic acids is 1. The van der Waals surface area contributed by atoms with Gasteiger partial charge in [0.25, 0.3) is 0 Å². The Morgan fingerprint density at radius 2 is 1.74 bits per heavy atom. The molecule has 0 bridgehead atoms. The van der Waals surface area contributed by atoms with Crippen molar-refractivity contribution >= 4 is 12.1 Å². The monoisotopic (exact) mass is 472 g/mol. The van der Waals surface area contributed by atoms with Gasteiger partial charge in [0.05, 0.1) is 19.3 Å². The summed E-state index contributed by atoms with van der Waals surface area (Å²) in [6, 6.07) is 4.55. The minimum absolute atomic E-state index is 0.0304. The molecule has 4 rings (SSSR count). The number of aromatic nitrogens is 1. The summed E-state index contributed by atoms with van der Waals surface area (Å²) in [4.78, 5) is 28.2. The second-order valence-electron chi connectivity index (χ2n) is 10.1. The van der Waals surface area contributed by atoms with Crippen LogP contribution in [0.25, 0.3) is 11.5 Å². The predicted molar refractivity (Wildman–Crippen MR) is 123 cm³/mol. The number of carboxylic acid groups (broad SMARTS) is 1. The van der Waals surface area contributed by atoms with Crippen LogP contribution in [0, 0.1) is 11.8 Å². The Kier molecular flexibility index (Phi) is 6.72. The third-order valence-electron chi connectivity index (χ3n) is 5.52. The molecule has 1 aromatic heterocycles. The summed E-state index contributed by atoms with van der Waals surface area (Å²) in [5, 5.41) is 12.3. The standard InChI is InChI=1S/C25H32N2O7/c1-14(26-24(30)34-25(2,3)4)21-20(23(28)29)27-22(33-21)17-9-10-18(31-12-15-5-6-15)19(11-17)32-13-16-7-8-16/h9-11,14-16H,5-8,12-13H2,1-4H3,(H,26,30)(H,28,29). The van der Waals surface area contributed by atoms with Gasteiger partial charge < -0.3 is 29.1 Å². The highest BCUT2D eigenvalue weighted by Gasteiger charge is 2.28. The number of carbonyl (C=O) groups is 2. The van der Waals surface area contributed by atoms with Gasteiger partial charge in [-0.3, -0.25) is 0 Å². The van der Waals surface area contributed by atoms with Crippen LogP contribution in [0.1, 0.15) is 75.7 Å². The topological polar surface area (TPSA) is 120 Å². The number of oxazole rings is 1. The summed E-state index contributed by atoms with van der Waals surface area (Å²) >= 11 is 0. The quantitative estimate of drug-likeness (QED) is 0.484. The molecule has 1 heterocycles. The van der Waals surface area contributed by atoms with E-state index in [-0.39, 0.29) is 17.3 Å². The number of ether oxygens (including phenoxy) is 3. The molecule has 1 aromatic carbocycles. The maximum absolute atomic E-state index is 12.2. The highest BCUT2D eigenvalue weighted by molar-refractivity contribution is 5.87. The number of nitrogens with one attached hydrogen (secondary N) is 1. The summed E-state index contributed by atoms with van der Waals surface area (Å²) < 4.78 is 23.1. The third kappa shape index (κ3) is 6.42. The van der Waals surface area contributed by atoms with Crippen molar-refractivity contribution in [3.05, 3.63) is 29.7 Å². The van der Waals surface area contributed by atoms with Gasteiger partial charge in [-0.2, -0.15) is 0 Å². The first-order chi connectivity index (χ1) is 16.1. The van der Waals surface area contributed by atoms with Crippen LogP contribution >= 0.6 is 0 Å². The Hall–Kier alpha value is -3.23. The first-order valence-electron chi connectivity index (χ1n) is 11.7. The van der Waals surface area contributed by atoms with E-state index in [1.807, 2.05) is 0 Å². The molecule has 34 heavy (non-hydrogen) atoms. The van der Waals surface area contributed by atoms with Gasteiger partial charge in [0.2, 0.25) is 5.89 Å². The molecule has 9 heteroatoms. The van der Waals surface area contributed by atoms with Gasteiger partial charge in [0.15, 0.2) is 23.0 Å². The molecule has 0 radical (unpaired) electrons. The third-order valence-corrected chi connectivity index (χ3v) is 5.52. The number of hydrogen-bond donors (Lipinski definition) is 2. The zero-order chi connectivity index (χ0) is 24.5. The zero-order valence-electron chi connectivity index (χ0n) is 20.1. The van der Waals surface area contributed by atoms with Crippen molar-refractivity contribution in [2.24, 2.45) is 11.8 Å². The number of nitrogens with zero attached hydrogens (tertiary/aromatic N) is 1. The first-order valence-corrected chi connectivity index (χ1v) is 11.7. The van der Waals surface area contributed by atoms with E-state index in [9.17, 15) is 14.7 Å². The molecule has 1 amide bonds. The van der Waals surface area contributed by atoms with Crippen molar-refractivity contribution in [3.8, 4) is 23.0 Å². The van der Waals surface area contributed by atoms with Gasteiger partial charge >= 0.3 is 12.1 Å². The second kappa shape index (κ2) is 9.56. The summed E-state index contributed by atoms with van der Waals surface area (Å²) in [5.74, 6) is 1.30. The molecular formula is C25H32N2O7. The lowest BCUT2D eigenvalue weighted by Crippen LogP contribution is -2.34. The molecule has 1 atom stereocenters. The fraction of sp³-hybridized carbons (Fsp3) is 0.560. The van der Waals surface area contributed by atoms with E-state index in [2.05, 4.69) is 10.3 Å². The zero-order valence-corrected chi connectivity index (χ0v) is 20.1. The van der Waals surface area contributed by atoms with E-state index >= 15 is 0 Å². The minimum Gasteiger partial charge on any atom is -0.489 e. The van der Waals surface area contributed by atoms with Crippen LogP contribution in [-0.4, -0.2) is 41.0 Å². The van der Waals surface area contributed by atoms with Crippen LogP contribution in [0.4, 0.5) is 4.79 Å². The van der Waals surface area contributed by atoms with Crippen LogP contribution in [0.3, 0.4) is 0 Å². The second-order valence-corrected chi connectivity index (χ2v) is 10.1. The van der Waals surface area contributed by atoms with E-state index in [4.69, 9.17) is 18.6 Å². The van der Waals surface area contributed by atoms with E-state index in [1.54, 1.807) is 45.9 Å². The van der Waals surface area contributed by atoms with Crippen molar-refractivity contribution in [2.75, 3.05) is 13.2 Å². The Morgan fingerprint density at radius 3 is 2.29 bits per heavy atom. The van der Waals surface area contributed by atoms with Gasteiger partial charge in [0.1, 0.15) is 5.60 Å². The normalized spacial score (nSPS) is 16.6. The predicted octanol–water partition coefficient (Wildman–Crippen LogP) is 5.20. The Bertz CT molecular complexity index is 1050. The average molecular weight is 473 g/mol. The summed E-state index contributed by atoms with van der Waals surface area (Å²) in [6.07, 6.45) is 4.00. The van der Waals surface area contributed by atoms with E-state index in [1.165, 1.54) is 12.8 Å². The van der Waals surface area contributed by atoms with E-state index in [0.717, 1.165) is 12.8 Å². The number of amides is 1. The van der Waals surface area contributed by atoms with Gasteiger partial charge in [0, 0.05) is 5.56 Å². The number of aromatic carboxylic acids is 1. The lowest BCUT2D eigenvalue weighted by atomic mass is 10.2. The lowest BCUT2D eigenvalue weighted by molar-refractivity contribution is 0.0498. The van der Waals surface area contributed by atoms with Gasteiger partial charge in [-0.1, -0.05) is 0 Å². The molecule has 2 fully saturated rings. The van der Waals surface area contributed by atoms with Gasteiger partial charge in [-0.25, -0.2) is 14.6 Å². The maximum atomic E-state index is 12.2. The number of rotatable bonds is 10. The molecule has 2 saturated carbocycles. The largest absolute Gasteiger partial charge is 0.489 e. The molecule has 2 aliphatic carbocycles. The van der Waals surface area contributed by atoms with Gasteiger partial charge in [-0.05, 0) is 83.4 Å². The SMILES string of the molecule is CC(NC(=O)OC(C)(C)C)c1oc(-c2ccc(OCC3CC3)c(OCC3CC3)c2)nc1C(=O)O. The Labute approximate surface area is 198 Å². The lowest BCUT2D eigenvalue weighted by Gasteiger charge is -2.21. The number of alkyl carbamates (subject to hydrolysis) is 1. The van der Waals surface area contributed by atoms with Crippen LogP contribution in [-0.2, 0) is 4.74 Å². The van der Waals surface area contributed by atoms with E-state index < -0.39 is 23.7 Å². The molecule has 1 unspecified atom stereocenters. The summed E-state index contributed by atoms with van der Waals surface area (Å²) in [7, 11) is 0. The van der Waals surface area contributed by atoms with Gasteiger partial charge in [-0.15, -0.1) is 0 Å². The van der Waals surface area contributed by atoms with Crippen LogP contribution in [0.15, 0.2) is 22.6 Å². The van der Waals surface area contributed by atoms with E-state index in [0.29, 0.717) is 42.1 Å². The number of carboxylic acids is 1. The summed E-state index contributed by atoms with van der Waals surface area (Å²) in [5.41, 5.74) is -0.400. The fourth-order valence-corrected chi connectivity index (χ4v) is 3.31. The highest BCUT2D eigenvalue weighted by atomic mass is 16.6. The van der Waals surface area contributed by atoms with Crippen molar-refractivity contribution in [2.45, 2.75) is 65.0 Å². The average Bonchev–Trinajstić information content (AvgIpc) is 3.67. The first kappa shape index (κ1) is 23.9. The number of hydrogen-bond acceptors (Lipinski definition) is 7. The molecule has 0 spiro atoms. The molecule has 0 saturated heterocycles.